The molecule has 0 aliphatic heterocycles. The predicted octanol–water partition coefficient (Wildman–Crippen LogP) is 6.85. The van der Waals surface area contributed by atoms with Crippen molar-refractivity contribution in [2.24, 2.45) is 17.8 Å². The van der Waals surface area contributed by atoms with Crippen molar-refractivity contribution >= 4 is 135 Å². The average Bonchev–Trinajstić information content (AvgIpc) is 2.74. The Labute approximate surface area is 260 Å². The quantitative estimate of drug-likeness (QED) is 0.142. The zero-order valence-electron chi connectivity index (χ0n) is 20.1. The van der Waals surface area contributed by atoms with Crippen LogP contribution in [0.25, 0.3) is 0 Å². The van der Waals surface area contributed by atoms with Gasteiger partial charge in [0.25, 0.3) is 0 Å². The molecule has 16 heteroatoms. The summed E-state index contributed by atoms with van der Waals surface area (Å²) < 4.78 is 0. The molecule has 218 valence electrons. The lowest BCUT2D eigenvalue weighted by Gasteiger charge is -2.20. The van der Waals surface area contributed by atoms with Crippen LogP contribution in [0.4, 0.5) is 0 Å². The molecule has 0 aromatic rings. The average molecular weight is 702 g/mol. The molecule has 0 spiro atoms. The van der Waals surface area contributed by atoms with E-state index in [9.17, 15) is 38.4 Å². The molecule has 3 atom stereocenters. The van der Waals surface area contributed by atoms with Crippen LogP contribution >= 0.6 is 92.8 Å². The van der Waals surface area contributed by atoms with Crippen LogP contribution in [0.5, 0.6) is 0 Å². The molecule has 0 heterocycles. The van der Waals surface area contributed by atoms with E-state index in [0.717, 1.165) is 6.42 Å². The Hall–Kier alpha value is -0.320. The molecule has 3 unspecified atom stereocenters. The second-order valence-corrected chi connectivity index (χ2v) is 10.8. The normalized spacial score (nSPS) is 12.3. The van der Waals surface area contributed by atoms with Crippen LogP contribution in [0.3, 0.4) is 0 Å². The molecular formula is C22H26Cl8O8. The van der Waals surface area contributed by atoms with Gasteiger partial charge in [0, 0.05) is 49.9 Å². The van der Waals surface area contributed by atoms with Crippen molar-refractivity contribution in [1.82, 2.24) is 0 Å². The zero-order valence-corrected chi connectivity index (χ0v) is 26.1. The minimum atomic E-state index is -1.00. The third kappa shape index (κ3) is 30.2. The van der Waals surface area contributed by atoms with Gasteiger partial charge in [-0.25, -0.2) is 0 Å². The molecule has 0 N–H and O–H groups in total. The van der Waals surface area contributed by atoms with E-state index in [-0.39, 0.29) is 50.2 Å². The summed E-state index contributed by atoms with van der Waals surface area (Å²) in [5.41, 5.74) is 0. The maximum absolute atomic E-state index is 11.5. The third-order valence-corrected chi connectivity index (χ3v) is 6.23. The smallest absolute Gasteiger partial charge is 0.225 e. The maximum atomic E-state index is 11.5. The lowest BCUT2D eigenvalue weighted by molar-refractivity contribution is -0.122. The summed E-state index contributed by atoms with van der Waals surface area (Å²) in [6.45, 7) is 1.92. The van der Waals surface area contributed by atoms with Crippen LogP contribution in [0.15, 0.2) is 0 Å². The lowest BCUT2D eigenvalue weighted by Crippen LogP contribution is -2.24. The fourth-order valence-electron chi connectivity index (χ4n) is 2.59. The summed E-state index contributed by atoms with van der Waals surface area (Å²) in [7, 11) is 0. The van der Waals surface area contributed by atoms with Gasteiger partial charge in [-0.15, -0.1) is 0 Å². The molecule has 0 saturated heterocycles. The second-order valence-electron chi connectivity index (χ2n) is 7.60. The molecule has 8 nitrogen and oxygen atoms in total. The Kier molecular flexibility index (Phi) is 28.4. The highest BCUT2D eigenvalue weighted by Crippen LogP contribution is 2.29. The van der Waals surface area contributed by atoms with Crippen LogP contribution in [-0.4, -0.2) is 41.9 Å². The maximum Gasteiger partial charge on any atom is 0.225 e. The van der Waals surface area contributed by atoms with Crippen LogP contribution in [0.1, 0.15) is 71.1 Å². The summed E-state index contributed by atoms with van der Waals surface area (Å²) in [5.74, 6) is -2.79. The third-order valence-electron chi connectivity index (χ3n) is 4.39. The second kappa shape index (κ2) is 25.6. The molecule has 0 amide bonds. The number of hydrogen-bond donors (Lipinski definition) is 0. The van der Waals surface area contributed by atoms with Crippen molar-refractivity contribution in [3.8, 4) is 0 Å². The van der Waals surface area contributed by atoms with Gasteiger partial charge in [0.05, 0.1) is 0 Å². The van der Waals surface area contributed by atoms with Crippen molar-refractivity contribution in [3.63, 3.8) is 0 Å². The first-order valence-corrected chi connectivity index (χ1v) is 14.0. The van der Waals surface area contributed by atoms with Crippen molar-refractivity contribution in [1.29, 1.82) is 0 Å². The monoisotopic (exact) mass is 698 g/mol. The van der Waals surface area contributed by atoms with Gasteiger partial charge >= 0.3 is 0 Å². The van der Waals surface area contributed by atoms with Gasteiger partial charge in [0.15, 0.2) is 0 Å². The van der Waals surface area contributed by atoms with E-state index in [1.807, 2.05) is 6.92 Å². The van der Waals surface area contributed by atoms with E-state index in [4.69, 9.17) is 92.8 Å². The molecule has 0 aliphatic carbocycles. The first-order chi connectivity index (χ1) is 17.4. The highest BCUT2D eigenvalue weighted by atomic mass is 35.5. The highest BCUT2D eigenvalue weighted by Gasteiger charge is 2.31. The minimum absolute atomic E-state index is 0.0409. The SMILES string of the molecule is CCCC(=O)Cl.O=C(Cl)CCC(CC(CC(CC(=O)Cl)C(=O)Cl)C(=O)Cl)C(=O)Cl.O=C(Cl)CCCC(=O)Cl. The molecule has 0 saturated carbocycles. The van der Waals surface area contributed by atoms with E-state index < -0.39 is 54.5 Å². The van der Waals surface area contributed by atoms with Crippen LogP contribution < -0.4 is 0 Å². The van der Waals surface area contributed by atoms with Gasteiger partial charge in [0.1, 0.15) is 0 Å². The number of hydrogen-bond acceptors (Lipinski definition) is 8. The highest BCUT2D eigenvalue weighted by molar-refractivity contribution is 6.67. The summed E-state index contributed by atoms with van der Waals surface area (Å²) in [4.78, 5) is 85.8. The summed E-state index contributed by atoms with van der Waals surface area (Å²) in [6, 6.07) is 0. The van der Waals surface area contributed by atoms with Crippen molar-refractivity contribution < 1.29 is 38.4 Å². The van der Waals surface area contributed by atoms with E-state index in [0.29, 0.717) is 12.8 Å². The van der Waals surface area contributed by atoms with E-state index in [1.165, 1.54) is 0 Å². The van der Waals surface area contributed by atoms with Crippen molar-refractivity contribution in [3.05, 3.63) is 0 Å². The molecule has 0 bridgehead atoms. The first kappa shape index (κ1) is 42.2. The lowest BCUT2D eigenvalue weighted by atomic mass is 9.85. The molecule has 0 aromatic heterocycles. The molecule has 0 radical (unpaired) electrons. The Morgan fingerprint density at radius 3 is 1.11 bits per heavy atom. The molecule has 0 fully saturated rings. The Bertz CT molecular complexity index is 820. The Morgan fingerprint density at radius 2 is 0.842 bits per heavy atom. The van der Waals surface area contributed by atoms with Gasteiger partial charge in [-0.05, 0) is 125 Å². The summed E-state index contributed by atoms with van der Waals surface area (Å²) in [5, 5.41) is -4.93. The number of carbonyl (C=O) groups is 8. The number of carbonyl (C=O) groups excluding carboxylic acids is 8. The number of rotatable bonds is 18. The predicted molar refractivity (Wildman–Crippen MR) is 149 cm³/mol. The molecule has 38 heavy (non-hydrogen) atoms. The van der Waals surface area contributed by atoms with Crippen LogP contribution in [0.2, 0.25) is 0 Å². The topological polar surface area (TPSA) is 137 Å². The van der Waals surface area contributed by atoms with Gasteiger partial charge in [-0.3, -0.25) is 38.4 Å². The van der Waals surface area contributed by atoms with Gasteiger partial charge in [0.2, 0.25) is 41.9 Å². The fraction of sp³-hybridized carbons (Fsp3) is 0.636. The van der Waals surface area contributed by atoms with Gasteiger partial charge in [-0.1, -0.05) is 6.92 Å². The summed E-state index contributed by atoms with van der Waals surface area (Å²) in [6.07, 6.45) is 1.58. The molecule has 0 aliphatic rings. The van der Waals surface area contributed by atoms with Gasteiger partial charge < -0.3 is 0 Å². The zero-order chi connectivity index (χ0) is 30.4. The van der Waals surface area contributed by atoms with Crippen molar-refractivity contribution in [2.45, 2.75) is 71.1 Å². The van der Waals surface area contributed by atoms with E-state index in [1.54, 1.807) is 0 Å². The standard InChI is InChI=1S/C13H13Cl5O5.C5H6Cl2O2.C4H7ClO/c14-9(19)2-1-6(11(16)21)3-7(12(17)22)4-8(13(18)23)5-10(15)20;6-4(8)2-1-3-5(7)9;1-2-3-4(5)6/h6-8H,1-5H2;1-3H2;2-3H2,1H3. The molecular weight excluding hydrogens is 676 g/mol. The Balaban J connectivity index is -0.000000665. The fourth-order valence-corrected chi connectivity index (χ4v) is 3.89. The molecule has 0 aromatic carbocycles. The van der Waals surface area contributed by atoms with Crippen molar-refractivity contribution in [2.75, 3.05) is 0 Å². The number of halogens is 8. The molecule has 0 rings (SSSR count). The summed E-state index contributed by atoms with van der Waals surface area (Å²) >= 11 is 41.6. The van der Waals surface area contributed by atoms with Crippen LogP contribution in [0, 0.1) is 17.8 Å². The largest absolute Gasteiger partial charge is 0.281 e. The first-order valence-electron chi connectivity index (χ1n) is 10.9. The minimum Gasteiger partial charge on any atom is -0.281 e. The van der Waals surface area contributed by atoms with Crippen LogP contribution in [-0.2, 0) is 38.4 Å². The Morgan fingerprint density at radius 1 is 0.474 bits per heavy atom. The van der Waals surface area contributed by atoms with E-state index >= 15 is 0 Å². The van der Waals surface area contributed by atoms with E-state index in [2.05, 4.69) is 0 Å². The van der Waals surface area contributed by atoms with Gasteiger partial charge in [-0.2, -0.15) is 0 Å².